The highest BCUT2D eigenvalue weighted by Gasteiger charge is 2.15. The Hall–Kier alpha value is -1.26. The van der Waals surface area contributed by atoms with E-state index in [0.717, 1.165) is 46.8 Å². The summed E-state index contributed by atoms with van der Waals surface area (Å²) in [6.07, 6.45) is 1.03. The Balaban J connectivity index is 2.08. The second-order valence-corrected chi connectivity index (χ2v) is 5.41. The number of rotatable bonds is 1. The summed E-state index contributed by atoms with van der Waals surface area (Å²) in [5.41, 5.74) is 4.63. The molecule has 1 aliphatic rings. The Morgan fingerprint density at radius 1 is 1.17 bits per heavy atom. The molecule has 1 aromatic carbocycles. The first kappa shape index (κ1) is 11.8. The van der Waals surface area contributed by atoms with Gasteiger partial charge in [0.2, 0.25) is 0 Å². The molecule has 0 bridgehead atoms. The van der Waals surface area contributed by atoms with Crippen molar-refractivity contribution in [3.8, 4) is 11.4 Å². The van der Waals surface area contributed by atoms with E-state index in [1.165, 1.54) is 5.56 Å². The van der Waals surface area contributed by atoms with Crippen molar-refractivity contribution < 1.29 is 0 Å². The number of nitrogens with zero attached hydrogens (tertiary/aromatic N) is 2. The van der Waals surface area contributed by atoms with Crippen LogP contribution in [0.1, 0.15) is 17.0 Å². The van der Waals surface area contributed by atoms with E-state index in [-0.39, 0.29) is 0 Å². The molecule has 0 unspecified atom stereocenters. The first-order valence-electron chi connectivity index (χ1n) is 6.07. The van der Waals surface area contributed by atoms with E-state index in [4.69, 9.17) is 0 Å². The lowest BCUT2D eigenvalue weighted by Crippen LogP contribution is -2.26. The van der Waals surface area contributed by atoms with E-state index in [1.54, 1.807) is 0 Å². The first-order valence-corrected chi connectivity index (χ1v) is 6.86. The average Bonchev–Trinajstić information content (AvgIpc) is 2.39. The first-order chi connectivity index (χ1) is 8.74. The highest BCUT2D eigenvalue weighted by molar-refractivity contribution is 9.10. The number of hydrogen-bond acceptors (Lipinski definition) is 3. The number of aryl methyl sites for hydroxylation is 1. The average molecular weight is 304 g/mol. The van der Waals surface area contributed by atoms with Gasteiger partial charge in [-0.1, -0.05) is 28.1 Å². The molecule has 0 spiro atoms. The van der Waals surface area contributed by atoms with Crippen LogP contribution < -0.4 is 5.32 Å². The van der Waals surface area contributed by atoms with Gasteiger partial charge in [-0.15, -0.1) is 0 Å². The van der Waals surface area contributed by atoms with Crippen LogP contribution in [0.15, 0.2) is 28.7 Å². The fourth-order valence-corrected chi connectivity index (χ4v) is 2.54. The molecule has 3 rings (SSSR count). The molecule has 0 saturated carbocycles. The molecular formula is C14H14BrN3. The van der Waals surface area contributed by atoms with Gasteiger partial charge in [-0.25, -0.2) is 9.97 Å². The summed E-state index contributed by atoms with van der Waals surface area (Å²) in [5, 5.41) is 3.36. The van der Waals surface area contributed by atoms with Gasteiger partial charge in [-0.3, -0.25) is 0 Å². The molecule has 92 valence electrons. The summed E-state index contributed by atoms with van der Waals surface area (Å²) < 4.78 is 1.07. The number of nitrogens with one attached hydrogen (secondary N) is 1. The van der Waals surface area contributed by atoms with E-state index in [9.17, 15) is 0 Å². The Labute approximate surface area is 115 Å². The SMILES string of the molecule is Cc1nc(-c2ccc(Br)cc2)nc2c1CCNC2. The molecule has 4 heteroatoms. The van der Waals surface area contributed by atoms with Gasteiger partial charge < -0.3 is 5.32 Å². The summed E-state index contributed by atoms with van der Waals surface area (Å²) in [5.74, 6) is 0.822. The lowest BCUT2D eigenvalue weighted by molar-refractivity contribution is 0.620. The number of aromatic nitrogens is 2. The third-order valence-corrected chi connectivity index (χ3v) is 3.77. The maximum atomic E-state index is 4.69. The second kappa shape index (κ2) is 4.78. The van der Waals surface area contributed by atoms with Gasteiger partial charge in [0, 0.05) is 22.3 Å². The van der Waals surface area contributed by atoms with Crippen molar-refractivity contribution in [2.24, 2.45) is 0 Å². The number of fused-ring (bicyclic) bond motifs is 1. The van der Waals surface area contributed by atoms with Crippen LogP contribution in [-0.4, -0.2) is 16.5 Å². The quantitative estimate of drug-likeness (QED) is 0.880. The summed E-state index contributed by atoms with van der Waals surface area (Å²) in [6.45, 7) is 3.95. The fourth-order valence-electron chi connectivity index (χ4n) is 2.28. The van der Waals surface area contributed by atoms with E-state index in [2.05, 4.69) is 38.1 Å². The molecule has 0 fully saturated rings. The van der Waals surface area contributed by atoms with Gasteiger partial charge >= 0.3 is 0 Å². The number of hydrogen-bond donors (Lipinski definition) is 1. The van der Waals surface area contributed by atoms with E-state index < -0.39 is 0 Å². The van der Waals surface area contributed by atoms with Gasteiger partial charge in [-0.2, -0.15) is 0 Å². The van der Waals surface area contributed by atoms with Crippen LogP contribution in [0.3, 0.4) is 0 Å². The minimum Gasteiger partial charge on any atom is -0.311 e. The Morgan fingerprint density at radius 3 is 2.72 bits per heavy atom. The summed E-state index contributed by atoms with van der Waals surface area (Å²) in [6, 6.07) is 8.13. The van der Waals surface area contributed by atoms with Gasteiger partial charge in [0.15, 0.2) is 5.82 Å². The molecule has 1 aromatic heterocycles. The maximum absolute atomic E-state index is 4.69. The molecular weight excluding hydrogens is 290 g/mol. The maximum Gasteiger partial charge on any atom is 0.159 e. The van der Waals surface area contributed by atoms with E-state index >= 15 is 0 Å². The van der Waals surface area contributed by atoms with Crippen molar-refractivity contribution >= 4 is 15.9 Å². The molecule has 1 aliphatic heterocycles. The fraction of sp³-hybridized carbons (Fsp3) is 0.286. The lowest BCUT2D eigenvalue weighted by atomic mass is 10.0. The molecule has 0 radical (unpaired) electrons. The standard InChI is InChI=1S/C14H14BrN3/c1-9-12-6-7-16-8-13(12)18-14(17-9)10-2-4-11(15)5-3-10/h2-5,16H,6-8H2,1H3. The summed E-state index contributed by atoms with van der Waals surface area (Å²) >= 11 is 3.44. The Kier molecular flexibility index (Phi) is 3.14. The topological polar surface area (TPSA) is 37.8 Å². The molecule has 0 atom stereocenters. The predicted octanol–water partition coefficient (Wildman–Crippen LogP) is 2.86. The number of benzene rings is 1. The smallest absolute Gasteiger partial charge is 0.159 e. The molecule has 3 nitrogen and oxygen atoms in total. The van der Waals surface area contributed by atoms with Gasteiger partial charge in [0.25, 0.3) is 0 Å². The van der Waals surface area contributed by atoms with E-state index in [0.29, 0.717) is 0 Å². The highest BCUT2D eigenvalue weighted by atomic mass is 79.9. The largest absolute Gasteiger partial charge is 0.311 e. The highest BCUT2D eigenvalue weighted by Crippen LogP contribution is 2.22. The zero-order chi connectivity index (χ0) is 12.5. The second-order valence-electron chi connectivity index (χ2n) is 4.49. The predicted molar refractivity (Wildman–Crippen MR) is 75.3 cm³/mol. The molecule has 1 N–H and O–H groups in total. The van der Waals surface area contributed by atoms with Crippen LogP contribution in [0, 0.1) is 6.92 Å². The summed E-state index contributed by atoms with van der Waals surface area (Å²) in [4.78, 5) is 9.32. The molecule has 2 aromatic rings. The van der Waals surface area contributed by atoms with Crippen LogP contribution in [-0.2, 0) is 13.0 Å². The van der Waals surface area contributed by atoms with Crippen LogP contribution in [0.2, 0.25) is 0 Å². The zero-order valence-electron chi connectivity index (χ0n) is 10.2. The zero-order valence-corrected chi connectivity index (χ0v) is 11.8. The van der Waals surface area contributed by atoms with Crippen LogP contribution in [0.25, 0.3) is 11.4 Å². The van der Waals surface area contributed by atoms with Gasteiger partial charge in [-0.05, 0) is 37.6 Å². The Bertz CT molecular complexity index is 578. The van der Waals surface area contributed by atoms with Crippen molar-refractivity contribution in [1.29, 1.82) is 0 Å². The van der Waals surface area contributed by atoms with E-state index in [1.807, 2.05) is 24.3 Å². The van der Waals surface area contributed by atoms with Gasteiger partial charge in [0.05, 0.1) is 5.69 Å². The molecule has 0 aliphatic carbocycles. The molecule has 2 heterocycles. The van der Waals surface area contributed by atoms with Crippen molar-refractivity contribution in [2.45, 2.75) is 19.9 Å². The lowest BCUT2D eigenvalue weighted by Gasteiger charge is -2.18. The van der Waals surface area contributed by atoms with Crippen LogP contribution >= 0.6 is 15.9 Å². The van der Waals surface area contributed by atoms with Crippen molar-refractivity contribution in [1.82, 2.24) is 15.3 Å². The normalized spacial score (nSPS) is 14.3. The van der Waals surface area contributed by atoms with Crippen LogP contribution in [0.4, 0.5) is 0 Å². The minimum absolute atomic E-state index is 0.822. The molecule has 0 saturated heterocycles. The van der Waals surface area contributed by atoms with Crippen molar-refractivity contribution in [2.75, 3.05) is 6.54 Å². The van der Waals surface area contributed by atoms with Crippen molar-refractivity contribution in [3.05, 3.63) is 45.7 Å². The minimum atomic E-state index is 0.822. The molecule has 0 amide bonds. The van der Waals surface area contributed by atoms with Gasteiger partial charge in [0.1, 0.15) is 0 Å². The van der Waals surface area contributed by atoms with Crippen molar-refractivity contribution in [3.63, 3.8) is 0 Å². The monoisotopic (exact) mass is 303 g/mol. The van der Waals surface area contributed by atoms with Crippen LogP contribution in [0.5, 0.6) is 0 Å². The number of halogens is 1. The summed E-state index contributed by atoms with van der Waals surface area (Å²) in [7, 11) is 0. The Morgan fingerprint density at radius 2 is 1.94 bits per heavy atom. The third kappa shape index (κ3) is 2.18. The third-order valence-electron chi connectivity index (χ3n) is 3.25. The molecule has 18 heavy (non-hydrogen) atoms.